The quantitative estimate of drug-likeness (QED) is 0.537. The third-order valence-corrected chi connectivity index (χ3v) is 3.45. The molecule has 0 aliphatic carbocycles. The van der Waals surface area contributed by atoms with E-state index in [0.717, 1.165) is 0 Å². The van der Waals surface area contributed by atoms with E-state index in [4.69, 9.17) is 5.73 Å². The lowest BCUT2D eigenvalue weighted by Gasteiger charge is -2.25. The number of carbonyl (C=O) groups is 3. The van der Waals surface area contributed by atoms with Crippen LogP contribution in [0.15, 0.2) is 0 Å². The molecule has 0 aromatic carbocycles. The summed E-state index contributed by atoms with van der Waals surface area (Å²) in [7, 11) is 1.24. The zero-order valence-electron chi connectivity index (χ0n) is 13.4. The summed E-state index contributed by atoms with van der Waals surface area (Å²) in [4.78, 5) is 35.2. The molecule has 0 rings (SSSR count). The van der Waals surface area contributed by atoms with Gasteiger partial charge < -0.3 is 21.1 Å². The lowest BCUT2D eigenvalue weighted by atomic mass is 9.97. The van der Waals surface area contributed by atoms with Gasteiger partial charge in [-0.05, 0) is 11.8 Å². The van der Waals surface area contributed by atoms with E-state index in [1.54, 1.807) is 0 Å². The zero-order chi connectivity index (χ0) is 16.6. The normalized spacial score (nSPS) is 15.0. The van der Waals surface area contributed by atoms with Gasteiger partial charge in [-0.2, -0.15) is 0 Å². The van der Waals surface area contributed by atoms with Crippen molar-refractivity contribution in [3.05, 3.63) is 0 Å². The molecule has 21 heavy (non-hydrogen) atoms. The molecular weight excluding hydrogens is 274 g/mol. The van der Waals surface area contributed by atoms with Gasteiger partial charge in [-0.25, -0.2) is 0 Å². The first-order valence-corrected chi connectivity index (χ1v) is 7.15. The Morgan fingerprint density at radius 1 is 1.14 bits per heavy atom. The Bertz CT molecular complexity index is 371. The minimum absolute atomic E-state index is 0.0271. The highest BCUT2D eigenvalue weighted by Crippen LogP contribution is 2.09. The minimum Gasteiger partial charge on any atom is -0.468 e. The number of ether oxygens (including phenoxy) is 1. The average molecular weight is 301 g/mol. The van der Waals surface area contributed by atoms with E-state index >= 15 is 0 Å². The first kappa shape index (κ1) is 19.4. The van der Waals surface area contributed by atoms with Crippen molar-refractivity contribution in [1.82, 2.24) is 10.6 Å². The lowest BCUT2D eigenvalue weighted by Crippen LogP contribution is -2.55. The second-order valence-electron chi connectivity index (χ2n) is 5.44. The van der Waals surface area contributed by atoms with Crippen molar-refractivity contribution < 1.29 is 19.1 Å². The highest BCUT2D eigenvalue weighted by Gasteiger charge is 2.28. The fourth-order valence-corrected chi connectivity index (χ4v) is 1.60. The molecule has 0 radical (unpaired) electrons. The van der Waals surface area contributed by atoms with E-state index in [9.17, 15) is 14.4 Å². The van der Waals surface area contributed by atoms with E-state index in [0.29, 0.717) is 6.42 Å². The van der Waals surface area contributed by atoms with Crippen LogP contribution in [-0.4, -0.2) is 43.5 Å². The number of rotatable bonds is 8. The number of nitrogens with one attached hydrogen (secondary N) is 2. The Morgan fingerprint density at radius 2 is 1.71 bits per heavy atom. The van der Waals surface area contributed by atoms with Gasteiger partial charge in [0, 0.05) is 0 Å². The van der Waals surface area contributed by atoms with Crippen LogP contribution in [-0.2, 0) is 19.1 Å². The molecule has 0 fully saturated rings. The van der Waals surface area contributed by atoms with Crippen molar-refractivity contribution in [2.24, 2.45) is 17.6 Å². The van der Waals surface area contributed by atoms with Crippen molar-refractivity contribution >= 4 is 17.8 Å². The molecule has 0 saturated heterocycles. The maximum atomic E-state index is 12.1. The summed E-state index contributed by atoms with van der Waals surface area (Å²) >= 11 is 0. The number of hydrogen-bond donors (Lipinski definition) is 3. The number of hydrogen-bond acceptors (Lipinski definition) is 5. The lowest BCUT2D eigenvalue weighted by molar-refractivity contribution is -0.141. The largest absolute Gasteiger partial charge is 0.468 e. The molecule has 0 bridgehead atoms. The van der Waals surface area contributed by atoms with Crippen LogP contribution >= 0.6 is 0 Å². The predicted octanol–water partition coefficient (Wildman–Crippen LogP) is -0.210. The second-order valence-corrected chi connectivity index (χ2v) is 5.44. The van der Waals surface area contributed by atoms with Crippen molar-refractivity contribution in [1.29, 1.82) is 0 Å². The fraction of sp³-hybridized carbons (Fsp3) is 0.786. The van der Waals surface area contributed by atoms with E-state index in [-0.39, 0.29) is 24.3 Å². The van der Waals surface area contributed by atoms with E-state index in [1.807, 2.05) is 27.7 Å². The van der Waals surface area contributed by atoms with E-state index < -0.39 is 24.0 Å². The summed E-state index contributed by atoms with van der Waals surface area (Å²) in [6.07, 6.45) is 0.702. The molecule has 3 atom stereocenters. The van der Waals surface area contributed by atoms with Gasteiger partial charge in [-0.1, -0.05) is 34.1 Å². The van der Waals surface area contributed by atoms with Crippen LogP contribution < -0.4 is 16.4 Å². The van der Waals surface area contributed by atoms with Gasteiger partial charge in [-0.15, -0.1) is 0 Å². The fourth-order valence-electron chi connectivity index (χ4n) is 1.60. The van der Waals surface area contributed by atoms with Crippen LogP contribution in [0.1, 0.15) is 34.1 Å². The topological polar surface area (TPSA) is 111 Å². The highest BCUT2D eigenvalue weighted by molar-refractivity contribution is 5.91. The molecule has 0 saturated carbocycles. The SMILES string of the molecule is CC[C@H](C)[C@H](NC(=O)[C@@H](N)C(C)C)C(=O)NCC(=O)OC. The van der Waals surface area contributed by atoms with E-state index in [1.165, 1.54) is 7.11 Å². The van der Waals surface area contributed by atoms with Crippen molar-refractivity contribution in [2.75, 3.05) is 13.7 Å². The molecule has 4 N–H and O–H groups in total. The van der Waals surface area contributed by atoms with Crippen LogP contribution in [0.5, 0.6) is 0 Å². The van der Waals surface area contributed by atoms with Crippen molar-refractivity contribution in [3.8, 4) is 0 Å². The van der Waals surface area contributed by atoms with Gasteiger partial charge in [0.05, 0.1) is 13.2 Å². The summed E-state index contributed by atoms with van der Waals surface area (Å²) in [5.41, 5.74) is 5.78. The third-order valence-electron chi connectivity index (χ3n) is 3.45. The Labute approximate surface area is 126 Å². The van der Waals surface area contributed by atoms with Gasteiger partial charge in [0.15, 0.2) is 0 Å². The maximum Gasteiger partial charge on any atom is 0.325 e. The molecule has 0 aromatic heterocycles. The Balaban J connectivity index is 4.76. The van der Waals surface area contributed by atoms with Crippen LogP contribution in [0, 0.1) is 11.8 Å². The molecule has 2 amide bonds. The van der Waals surface area contributed by atoms with Gasteiger partial charge in [0.1, 0.15) is 12.6 Å². The number of nitrogens with two attached hydrogens (primary N) is 1. The molecule has 0 aliphatic rings. The summed E-state index contributed by atoms with van der Waals surface area (Å²) < 4.78 is 4.46. The molecule has 0 aromatic rings. The molecule has 0 unspecified atom stereocenters. The van der Waals surface area contributed by atoms with Gasteiger partial charge in [0.2, 0.25) is 11.8 Å². The highest BCUT2D eigenvalue weighted by atomic mass is 16.5. The summed E-state index contributed by atoms with van der Waals surface area (Å²) in [5.74, 6) is -1.44. The first-order valence-electron chi connectivity index (χ1n) is 7.15. The summed E-state index contributed by atoms with van der Waals surface area (Å²) in [5, 5.41) is 5.12. The Kier molecular flexibility index (Phi) is 8.61. The molecule has 0 aliphatic heterocycles. The van der Waals surface area contributed by atoms with Gasteiger partial charge >= 0.3 is 5.97 Å². The third kappa shape index (κ3) is 6.57. The predicted molar refractivity (Wildman–Crippen MR) is 79.2 cm³/mol. The Hall–Kier alpha value is -1.63. The van der Waals surface area contributed by atoms with Crippen LogP contribution in [0.25, 0.3) is 0 Å². The molecule has 7 nitrogen and oxygen atoms in total. The van der Waals surface area contributed by atoms with Crippen LogP contribution in [0.4, 0.5) is 0 Å². The molecule has 7 heteroatoms. The van der Waals surface area contributed by atoms with Crippen molar-refractivity contribution in [2.45, 2.75) is 46.2 Å². The second kappa shape index (κ2) is 9.33. The number of carbonyl (C=O) groups excluding carboxylic acids is 3. The van der Waals surface area contributed by atoms with Crippen LogP contribution in [0.3, 0.4) is 0 Å². The summed E-state index contributed by atoms with van der Waals surface area (Å²) in [6, 6.07) is -1.40. The molecular formula is C14H27N3O4. The smallest absolute Gasteiger partial charge is 0.325 e. The molecule has 0 heterocycles. The Morgan fingerprint density at radius 3 is 2.14 bits per heavy atom. The standard InChI is InChI=1S/C14H27N3O4/c1-6-9(4)12(14(20)16-7-10(18)21-5)17-13(19)11(15)8(2)3/h8-9,11-12H,6-7,15H2,1-5H3,(H,16,20)(H,17,19)/t9-,11-,12-/m0/s1. The monoisotopic (exact) mass is 301 g/mol. The zero-order valence-corrected chi connectivity index (χ0v) is 13.4. The average Bonchev–Trinajstić information content (AvgIpc) is 2.47. The van der Waals surface area contributed by atoms with E-state index in [2.05, 4.69) is 15.4 Å². The number of amides is 2. The molecule has 122 valence electrons. The van der Waals surface area contributed by atoms with Gasteiger partial charge in [-0.3, -0.25) is 14.4 Å². The van der Waals surface area contributed by atoms with Gasteiger partial charge in [0.25, 0.3) is 0 Å². The van der Waals surface area contributed by atoms with Crippen LogP contribution in [0.2, 0.25) is 0 Å². The maximum absolute atomic E-state index is 12.1. The minimum atomic E-state index is -0.725. The first-order chi connectivity index (χ1) is 9.74. The molecule has 0 spiro atoms. The van der Waals surface area contributed by atoms with Crippen molar-refractivity contribution in [3.63, 3.8) is 0 Å². The summed E-state index contributed by atoms with van der Waals surface area (Å²) in [6.45, 7) is 7.21. The number of methoxy groups -OCH3 is 1. The number of esters is 1.